The average molecular weight is 131 g/mol. The molecule has 1 heteroatoms. The quantitative estimate of drug-likeness (QED) is 0.332. The molecule has 0 unspecified atom stereocenters. The maximum atomic E-state index is 6.86. The predicted octanol–water partition coefficient (Wildman–Crippen LogP) is -0.385. The fraction of sp³-hybridized carbons (Fsp3) is 0. The molecule has 0 bridgehead atoms. The number of rotatable bonds is 0. The van der Waals surface area contributed by atoms with Crippen molar-refractivity contribution in [3.8, 4) is 5.92 Å². The average Bonchev–Trinajstić information content (AvgIpc) is 1.89. The van der Waals surface area contributed by atoms with Crippen LogP contribution >= 0.6 is 0 Å². The molecule has 1 aromatic rings. The van der Waals surface area contributed by atoms with Gasteiger partial charge in [0.05, 0.1) is 0 Å². The summed E-state index contributed by atoms with van der Waals surface area (Å²) in [5.74, 6) is 2.38. The molecule has 0 nitrogen and oxygen atoms in total. The van der Waals surface area contributed by atoms with Crippen LogP contribution in [0.5, 0.6) is 0 Å². The minimum atomic E-state index is 0.934. The fourth-order valence-electron chi connectivity index (χ4n) is 0.713. The van der Waals surface area contributed by atoms with Crippen molar-refractivity contribution < 1.29 is 0 Å². The first-order chi connectivity index (χ1) is 4.34. The van der Waals surface area contributed by atoms with Crippen LogP contribution in [-0.2, 0) is 0 Å². The zero-order valence-electron chi connectivity index (χ0n) is 5.31. The van der Waals surface area contributed by atoms with Gasteiger partial charge in [-0.05, 0) is 12.5 Å². The van der Waals surface area contributed by atoms with Crippen molar-refractivity contribution in [3.05, 3.63) is 36.3 Å². The van der Waals surface area contributed by atoms with E-state index in [1.807, 2.05) is 24.3 Å². The molecule has 0 N–H and O–H groups in total. The first-order valence-corrected chi connectivity index (χ1v) is 3.83. The van der Waals surface area contributed by atoms with Crippen LogP contribution in [0, 0.1) is 12.3 Å². The van der Waals surface area contributed by atoms with E-state index < -0.39 is 0 Å². The van der Waals surface area contributed by atoms with Gasteiger partial charge < -0.3 is 0 Å². The van der Waals surface area contributed by atoms with Crippen LogP contribution in [0.3, 0.4) is 0 Å². The molecule has 0 heterocycles. The van der Waals surface area contributed by atoms with Crippen molar-refractivity contribution in [3.63, 3.8) is 0 Å². The Kier molecular flexibility index (Phi) is 1.71. The summed E-state index contributed by atoms with van der Waals surface area (Å²) in [6.07, 6.45) is 6.86. The Labute approximate surface area is 58.3 Å². The predicted molar refractivity (Wildman–Crippen MR) is 42.2 cm³/mol. The molecule has 0 saturated carbocycles. The molecule has 0 saturated heterocycles. The highest BCUT2D eigenvalue weighted by Crippen LogP contribution is 1.89. The Balaban J connectivity index is 3.20. The van der Waals surface area contributed by atoms with Crippen molar-refractivity contribution in [2.75, 3.05) is 0 Å². The third-order valence-electron chi connectivity index (χ3n) is 1.28. The minimum Gasteiger partial charge on any atom is -0.0628 e. The molecule has 0 aliphatic rings. The highest BCUT2D eigenvalue weighted by atomic mass is 28.1. The van der Waals surface area contributed by atoms with Crippen LogP contribution < -0.4 is 5.19 Å². The molecule has 0 spiro atoms. The standard InChI is InChI=1S/C8H7Si/c1-2-7-5-3-4-6-8(7)9/h3-6H,9H3. The van der Waals surface area contributed by atoms with Crippen molar-refractivity contribution in [2.24, 2.45) is 0 Å². The van der Waals surface area contributed by atoms with Crippen LogP contribution in [0.25, 0.3) is 0 Å². The molecule has 0 aliphatic carbocycles. The van der Waals surface area contributed by atoms with Crippen molar-refractivity contribution in [1.82, 2.24) is 0 Å². The molecule has 9 heavy (non-hydrogen) atoms. The van der Waals surface area contributed by atoms with E-state index in [1.165, 1.54) is 5.19 Å². The monoisotopic (exact) mass is 131 g/mol. The lowest BCUT2D eigenvalue weighted by atomic mass is 10.2. The van der Waals surface area contributed by atoms with Crippen molar-refractivity contribution >= 4 is 15.4 Å². The maximum absolute atomic E-state index is 6.86. The Hall–Kier alpha value is -1.00. The van der Waals surface area contributed by atoms with E-state index >= 15 is 0 Å². The molecule has 0 fully saturated rings. The van der Waals surface area contributed by atoms with E-state index in [4.69, 9.17) is 6.42 Å². The van der Waals surface area contributed by atoms with Gasteiger partial charge in [0, 0.05) is 15.8 Å². The van der Waals surface area contributed by atoms with E-state index in [9.17, 15) is 0 Å². The topological polar surface area (TPSA) is 0 Å². The Morgan fingerprint density at radius 2 is 2.00 bits per heavy atom. The Morgan fingerprint density at radius 3 is 2.44 bits per heavy atom. The van der Waals surface area contributed by atoms with Gasteiger partial charge in [-0.25, -0.2) is 0 Å². The smallest absolute Gasteiger partial charge is 0.0401 e. The maximum Gasteiger partial charge on any atom is 0.0401 e. The Bertz CT molecular complexity index is 245. The summed E-state index contributed by atoms with van der Waals surface area (Å²) in [6.45, 7) is 0. The highest BCUT2D eigenvalue weighted by molar-refractivity contribution is 6.33. The molecule has 1 aromatic carbocycles. The summed E-state index contributed by atoms with van der Waals surface area (Å²) in [6, 6.07) is 7.86. The van der Waals surface area contributed by atoms with E-state index in [2.05, 4.69) is 5.92 Å². The lowest BCUT2D eigenvalue weighted by Gasteiger charge is -1.92. The zero-order chi connectivity index (χ0) is 6.69. The number of benzene rings is 1. The van der Waals surface area contributed by atoms with Crippen LogP contribution in [0.1, 0.15) is 5.56 Å². The first kappa shape index (κ1) is 6.12. The second-order valence-corrected chi connectivity index (χ2v) is 3.02. The van der Waals surface area contributed by atoms with Gasteiger partial charge >= 0.3 is 0 Å². The zero-order valence-corrected chi connectivity index (χ0v) is 7.31. The van der Waals surface area contributed by atoms with Crippen LogP contribution in [0.2, 0.25) is 0 Å². The number of hydrogen-bond donors (Lipinski definition) is 0. The van der Waals surface area contributed by atoms with Crippen LogP contribution in [-0.4, -0.2) is 10.2 Å². The normalized spacial score (nSPS) is 8.78. The van der Waals surface area contributed by atoms with Gasteiger partial charge in [-0.2, -0.15) is 0 Å². The summed E-state index contributed by atoms with van der Waals surface area (Å²) >= 11 is 0. The lowest BCUT2D eigenvalue weighted by molar-refractivity contribution is 1.71. The van der Waals surface area contributed by atoms with Crippen molar-refractivity contribution in [2.45, 2.75) is 0 Å². The molecule has 1 radical (unpaired) electrons. The third-order valence-corrected chi connectivity index (χ3v) is 2.15. The van der Waals surface area contributed by atoms with Gasteiger partial charge in [-0.15, -0.1) is 0 Å². The van der Waals surface area contributed by atoms with Gasteiger partial charge in [0.2, 0.25) is 0 Å². The fourth-order valence-corrected chi connectivity index (χ4v) is 1.20. The van der Waals surface area contributed by atoms with Gasteiger partial charge in [0.1, 0.15) is 0 Å². The SMILES string of the molecule is [C]#Cc1ccccc1[SiH3]. The summed E-state index contributed by atoms with van der Waals surface area (Å²) in [5, 5.41) is 1.24. The van der Waals surface area contributed by atoms with Gasteiger partial charge in [-0.3, -0.25) is 0 Å². The Morgan fingerprint density at radius 1 is 1.33 bits per heavy atom. The minimum absolute atomic E-state index is 0.934. The molecule has 1 rings (SSSR count). The summed E-state index contributed by atoms with van der Waals surface area (Å²) in [4.78, 5) is 0. The molecular weight excluding hydrogens is 124 g/mol. The molecule has 0 aliphatic heterocycles. The largest absolute Gasteiger partial charge is 0.0628 e. The summed E-state index contributed by atoms with van der Waals surface area (Å²) < 4.78 is 0. The van der Waals surface area contributed by atoms with Crippen LogP contribution in [0.4, 0.5) is 0 Å². The first-order valence-electron chi connectivity index (χ1n) is 2.83. The highest BCUT2D eigenvalue weighted by Gasteiger charge is 1.87. The number of hydrogen-bond acceptors (Lipinski definition) is 0. The van der Waals surface area contributed by atoms with Gasteiger partial charge in [0.15, 0.2) is 0 Å². The van der Waals surface area contributed by atoms with Gasteiger partial charge in [0.25, 0.3) is 0 Å². The second kappa shape index (κ2) is 2.52. The van der Waals surface area contributed by atoms with E-state index in [1.54, 1.807) is 0 Å². The van der Waals surface area contributed by atoms with E-state index in [0.29, 0.717) is 0 Å². The summed E-state index contributed by atoms with van der Waals surface area (Å²) in [5.41, 5.74) is 0.934. The summed E-state index contributed by atoms with van der Waals surface area (Å²) in [7, 11) is 1.00. The molecule has 0 aromatic heterocycles. The van der Waals surface area contributed by atoms with E-state index in [0.717, 1.165) is 15.8 Å². The van der Waals surface area contributed by atoms with E-state index in [-0.39, 0.29) is 0 Å². The molecular formula is C8H7Si. The van der Waals surface area contributed by atoms with Crippen molar-refractivity contribution in [1.29, 1.82) is 0 Å². The second-order valence-electron chi connectivity index (χ2n) is 1.94. The molecule has 43 valence electrons. The molecule has 0 atom stereocenters. The van der Waals surface area contributed by atoms with Crippen LogP contribution in [0.15, 0.2) is 24.3 Å². The molecule has 0 amide bonds. The van der Waals surface area contributed by atoms with Gasteiger partial charge in [-0.1, -0.05) is 29.3 Å². The third kappa shape index (κ3) is 1.21. The lowest BCUT2D eigenvalue weighted by Crippen LogP contribution is -2.05.